The third kappa shape index (κ3) is 2.70. The van der Waals surface area contributed by atoms with Gasteiger partial charge >= 0.3 is 5.97 Å². The smallest absolute Gasteiger partial charge is 0.356 e. The fourth-order valence-electron chi connectivity index (χ4n) is 2.54. The molecule has 0 fully saturated rings. The van der Waals surface area contributed by atoms with E-state index in [1.807, 2.05) is 39.8 Å². The van der Waals surface area contributed by atoms with Crippen molar-refractivity contribution in [1.82, 2.24) is 14.7 Å². The second-order valence-electron chi connectivity index (χ2n) is 6.51. The fraction of sp³-hybridized carbons (Fsp3) is 0.533. The van der Waals surface area contributed by atoms with Crippen LogP contribution in [0.1, 0.15) is 53.7 Å². The highest BCUT2D eigenvalue weighted by atomic mass is 16.4. The van der Waals surface area contributed by atoms with Crippen molar-refractivity contribution in [2.45, 2.75) is 39.2 Å². The number of Topliss-reactive ketones (excluding diaryl/α,β-unsaturated/α-hetero) is 1. The molecule has 0 spiro atoms. The van der Waals surface area contributed by atoms with Crippen LogP contribution in [-0.2, 0) is 12.0 Å². The summed E-state index contributed by atoms with van der Waals surface area (Å²) in [5.74, 6) is -1.21. The minimum Gasteiger partial charge on any atom is -0.476 e. The summed E-state index contributed by atoms with van der Waals surface area (Å²) in [6.45, 7) is 5.72. The number of allylic oxidation sites excluding steroid dienone is 1. The number of ketones is 1. The van der Waals surface area contributed by atoms with Crippen molar-refractivity contribution < 1.29 is 14.7 Å². The van der Waals surface area contributed by atoms with Gasteiger partial charge in [0.2, 0.25) is 5.78 Å². The molecule has 21 heavy (non-hydrogen) atoms. The van der Waals surface area contributed by atoms with Gasteiger partial charge in [0.05, 0.1) is 5.54 Å². The molecule has 6 nitrogen and oxygen atoms in total. The molecule has 0 saturated heterocycles. The largest absolute Gasteiger partial charge is 0.476 e. The van der Waals surface area contributed by atoms with Crippen molar-refractivity contribution in [1.29, 1.82) is 0 Å². The third-order valence-corrected chi connectivity index (χ3v) is 3.39. The number of hydrogen-bond donors (Lipinski definition) is 1. The number of carbonyl (C=O) groups excluding carboxylic acids is 1. The van der Waals surface area contributed by atoms with E-state index < -0.39 is 11.5 Å². The van der Waals surface area contributed by atoms with E-state index in [2.05, 4.69) is 5.10 Å². The fourth-order valence-corrected chi connectivity index (χ4v) is 2.54. The van der Waals surface area contributed by atoms with Crippen LogP contribution in [0, 0.1) is 0 Å². The van der Waals surface area contributed by atoms with E-state index in [0.29, 0.717) is 29.7 Å². The summed E-state index contributed by atoms with van der Waals surface area (Å²) in [5.41, 5.74) is 1.21. The van der Waals surface area contributed by atoms with Crippen LogP contribution in [0.25, 0.3) is 0 Å². The summed E-state index contributed by atoms with van der Waals surface area (Å²) in [6.07, 6.45) is 2.87. The number of hydrogen-bond acceptors (Lipinski definition) is 4. The molecule has 1 heterocycles. The van der Waals surface area contributed by atoms with Gasteiger partial charge in [0.25, 0.3) is 0 Å². The Kier molecular flexibility index (Phi) is 3.65. The summed E-state index contributed by atoms with van der Waals surface area (Å²) in [7, 11) is 3.72. The van der Waals surface area contributed by atoms with E-state index in [-0.39, 0.29) is 11.5 Å². The van der Waals surface area contributed by atoms with Crippen LogP contribution in [-0.4, -0.2) is 45.6 Å². The molecule has 0 bridgehead atoms. The standard InChI is InChI=1S/C15H21N3O3/c1-15(2,3)18-12-10(11(16-18)14(20)21)7-6-9(13(12)19)8-17(4)5/h8H,6-7H2,1-5H3,(H,20,21)/b9-8+. The molecular formula is C15H21N3O3. The maximum Gasteiger partial charge on any atom is 0.356 e. The van der Waals surface area contributed by atoms with E-state index >= 15 is 0 Å². The van der Waals surface area contributed by atoms with Crippen molar-refractivity contribution >= 4 is 11.8 Å². The minimum atomic E-state index is -1.08. The third-order valence-electron chi connectivity index (χ3n) is 3.39. The van der Waals surface area contributed by atoms with Gasteiger partial charge < -0.3 is 10.0 Å². The predicted octanol–water partition coefficient (Wildman–Crippen LogP) is 1.91. The first-order valence-electron chi connectivity index (χ1n) is 6.90. The van der Waals surface area contributed by atoms with Crippen molar-refractivity contribution in [3.05, 3.63) is 28.7 Å². The summed E-state index contributed by atoms with van der Waals surface area (Å²) in [4.78, 5) is 25.9. The molecule has 1 aromatic heterocycles. The first-order chi connectivity index (χ1) is 9.62. The second kappa shape index (κ2) is 5.02. The number of aromatic carboxylic acids is 1. The van der Waals surface area contributed by atoms with Gasteiger partial charge in [-0.25, -0.2) is 4.79 Å². The monoisotopic (exact) mass is 291 g/mol. The van der Waals surface area contributed by atoms with E-state index in [1.165, 1.54) is 0 Å². The van der Waals surface area contributed by atoms with E-state index in [4.69, 9.17) is 0 Å². The van der Waals surface area contributed by atoms with Crippen LogP contribution in [0.15, 0.2) is 11.8 Å². The molecule has 0 radical (unpaired) electrons. The first kappa shape index (κ1) is 15.3. The van der Waals surface area contributed by atoms with Crippen LogP contribution < -0.4 is 0 Å². The Labute approximate surface area is 124 Å². The highest BCUT2D eigenvalue weighted by molar-refractivity contribution is 6.11. The minimum absolute atomic E-state index is 0.00261. The lowest BCUT2D eigenvalue weighted by molar-refractivity contribution is 0.0687. The highest BCUT2D eigenvalue weighted by Crippen LogP contribution is 2.31. The van der Waals surface area contributed by atoms with Crippen LogP contribution in [0.4, 0.5) is 0 Å². The molecule has 1 aliphatic rings. The molecule has 0 atom stereocenters. The number of carbonyl (C=O) groups is 2. The SMILES string of the molecule is CN(C)/C=C1\CCc2c(C(=O)O)nn(C(C)(C)C)c2C1=O. The zero-order chi connectivity index (χ0) is 15.9. The molecule has 114 valence electrons. The zero-order valence-electron chi connectivity index (χ0n) is 13.1. The number of carboxylic acid groups (broad SMARTS) is 1. The molecule has 1 N–H and O–H groups in total. The molecule has 6 heteroatoms. The summed E-state index contributed by atoms with van der Waals surface area (Å²) < 4.78 is 1.55. The Morgan fingerprint density at radius 2 is 1.95 bits per heavy atom. The Morgan fingerprint density at radius 1 is 1.33 bits per heavy atom. The van der Waals surface area contributed by atoms with Crippen LogP contribution in [0.3, 0.4) is 0 Å². The van der Waals surface area contributed by atoms with Gasteiger partial charge in [0, 0.05) is 31.4 Å². The van der Waals surface area contributed by atoms with Crippen molar-refractivity contribution in [3.63, 3.8) is 0 Å². The van der Waals surface area contributed by atoms with Crippen molar-refractivity contribution in [2.75, 3.05) is 14.1 Å². The number of fused-ring (bicyclic) bond motifs is 1. The Bertz CT molecular complexity index is 633. The van der Waals surface area contributed by atoms with E-state index in [0.717, 1.165) is 0 Å². The lowest BCUT2D eigenvalue weighted by atomic mass is 9.90. The Balaban J connectivity index is 2.65. The highest BCUT2D eigenvalue weighted by Gasteiger charge is 2.35. The van der Waals surface area contributed by atoms with Crippen LogP contribution in [0.5, 0.6) is 0 Å². The number of rotatable bonds is 2. The normalized spacial score (nSPS) is 17.0. The predicted molar refractivity (Wildman–Crippen MR) is 78.6 cm³/mol. The molecule has 0 saturated carbocycles. The van der Waals surface area contributed by atoms with E-state index in [1.54, 1.807) is 10.9 Å². The molecule has 0 unspecified atom stereocenters. The maximum atomic E-state index is 12.7. The number of nitrogens with zero attached hydrogens (tertiary/aromatic N) is 3. The summed E-state index contributed by atoms with van der Waals surface area (Å²) in [5, 5.41) is 13.5. The summed E-state index contributed by atoms with van der Waals surface area (Å²) in [6, 6.07) is 0. The lowest BCUT2D eigenvalue weighted by Gasteiger charge is -2.24. The molecular weight excluding hydrogens is 270 g/mol. The van der Waals surface area contributed by atoms with Gasteiger partial charge in [-0.05, 0) is 33.6 Å². The zero-order valence-corrected chi connectivity index (χ0v) is 13.1. The lowest BCUT2D eigenvalue weighted by Crippen LogP contribution is -2.29. The second-order valence-corrected chi connectivity index (χ2v) is 6.51. The van der Waals surface area contributed by atoms with Gasteiger partial charge in [0.15, 0.2) is 5.69 Å². The first-order valence-corrected chi connectivity index (χ1v) is 6.90. The van der Waals surface area contributed by atoms with Crippen molar-refractivity contribution in [2.24, 2.45) is 0 Å². The van der Waals surface area contributed by atoms with E-state index in [9.17, 15) is 14.7 Å². The topological polar surface area (TPSA) is 75.4 Å². The quantitative estimate of drug-likeness (QED) is 0.842. The van der Waals surface area contributed by atoms with Crippen molar-refractivity contribution in [3.8, 4) is 0 Å². The Hall–Kier alpha value is -2.11. The van der Waals surface area contributed by atoms with Gasteiger partial charge in [-0.15, -0.1) is 0 Å². The Morgan fingerprint density at radius 3 is 2.43 bits per heavy atom. The molecule has 0 amide bonds. The maximum absolute atomic E-state index is 12.7. The van der Waals surface area contributed by atoms with Crippen LogP contribution >= 0.6 is 0 Å². The molecule has 1 aromatic rings. The molecule has 2 rings (SSSR count). The van der Waals surface area contributed by atoms with Gasteiger partial charge in [-0.3, -0.25) is 9.48 Å². The molecule has 1 aliphatic carbocycles. The number of aromatic nitrogens is 2. The number of carboxylic acids is 1. The van der Waals surface area contributed by atoms with Crippen LogP contribution in [0.2, 0.25) is 0 Å². The molecule has 0 aliphatic heterocycles. The summed E-state index contributed by atoms with van der Waals surface area (Å²) >= 11 is 0. The van der Waals surface area contributed by atoms with Gasteiger partial charge in [-0.1, -0.05) is 0 Å². The molecule has 0 aromatic carbocycles. The van der Waals surface area contributed by atoms with Gasteiger partial charge in [0.1, 0.15) is 5.69 Å². The average molecular weight is 291 g/mol. The average Bonchev–Trinajstić information content (AvgIpc) is 2.72. The van der Waals surface area contributed by atoms with Gasteiger partial charge in [-0.2, -0.15) is 5.10 Å².